The van der Waals surface area contributed by atoms with E-state index < -0.39 is 17.7 Å². The van der Waals surface area contributed by atoms with Crippen LogP contribution >= 0.6 is 0 Å². The molecule has 0 bridgehead atoms. The van der Waals surface area contributed by atoms with Crippen LogP contribution < -0.4 is 0 Å². The highest BCUT2D eigenvalue weighted by molar-refractivity contribution is 6.01. The Balaban J connectivity index is 2.13. The summed E-state index contributed by atoms with van der Waals surface area (Å²) in [6, 6.07) is 7.08. The lowest BCUT2D eigenvalue weighted by molar-refractivity contribution is 0.0222. The van der Waals surface area contributed by atoms with Gasteiger partial charge in [-0.3, -0.25) is 9.69 Å². The SMILES string of the molecule is Cc1ccc(C(=O)[C@H]2CCCN2C(=O)OC(C)(C)C)cc1. The number of nitrogens with zero attached hydrogens (tertiary/aromatic N) is 1. The lowest BCUT2D eigenvalue weighted by Gasteiger charge is -2.28. The van der Waals surface area contributed by atoms with Gasteiger partial charge in [-0.1, -0.05) is 29.8 Å². The van der Waals surface area contributed by atoms with Crippen LogP contribution in [-0.4, -0.2) is 35.0 Å². The number of aryl methyl sites for hydroxylation is 1. The Hall–Kier alpha value is -1.84. The van der Waals surface area contributed by atoms with Crippen molar-refractivity contribution >= 4 is 11.9 Å². The van der Waals surface area contributed by atoms with E-state index in [1.54, 1.807) is 4.90 Å². The number of carbonyl (C=O) groups is 2. The van der Waals surface area contributed by atoms with E-state index in [9.17, 15) is 9.59 Å². The maximum atomic E-state index is 12.6. The van der Waals surface area contributed by atoms with Crippen molar-refractivity contribution in [1.82, 2.24) is 4.90 Å². The topological polar surface area (TPSA) is 46.6 Å². The molecule has 0 saturated carbocycles. The van der Waals surface area contributed by atoms with Crippen molar-refractivity contribution < 1.29 is 14.3 Å². The van der Waals surface area contributed by atoms with E-state index >= 15 is 0 Å². The van der Waals surface area contributed by atoms with Crippen LogP contribution in [0, 0.1) is 6.92 Å². The van der Waals surface area contributed by atoms with E-state index in [1.807, 2.05) is 52.0 Å². The quantitative estimate of drug-likeness (QED) is 0.782. The Labute approximate surface area is 126 Å². The molecule has 21 heavy (non-hydrogen) atoms. The van der Waals surface area contributed by atoms with Gasteiger partial charge >= 0.3 is 6.09 Å². The number of Topliss-reactive ketones (excluding diaryl/α,β-unsaturated/α-hetero) is 1. The Morgan fingerprint density at radius 1 is 1.19 bits per heavy atom. The monoisotopic (exact) mass is 289 g/mol. The lowest BCUT2D eigenvalue weighted by Crippen LogP contribution is -2.43. The molecule has 0 aromatic heterocycles. The van der Waals surface area contributed by atoms with Gasteiger partial charge in [0.15, 0.2) is 5.78 Å². The summed E-state index contributed by atoms with van der Waals surface area (Å²) in [6.45, 7) is 8.06. The van der Waals surface area contributed by atoms with Crippen molar-refractivity contribution in [2.24, 2.45) is 0 Å². The fourth-order valence-electron chi connectivity index (χ4n) is 2.49. The van der Waals surface area contributed by atoms with Crippen LogP contribution in [0.4, 0.5) is 4.79 Å². The van der Waals surface area contributed by atoms with E-state index in [2.05, 4.69) is 0 Å². The predicted octanol–water partition coefficient (Wildman–Crippen LogP) is 3.58. The van der Waals surface area contributed by atoms with Gasteiger partial charge in [-0.25, -0.2) is 4.79 Å². The highest BCUT2D eigenvalue weighted by atomic mass is 16.6. The van der Waals surface area contributed by atoms with Crippen LogP contribution in [0.3, 0.4) is 0 Å². The zero-order valence-corrected chi connectivity index (χ0v) is 13.2. The molecule has 4 nitrogen and oxygen atoms in total. The van der Waals surface area contributed by atoms with Gasteiger partial charge in [0.2, 0.25) is 0 Å². The van der Waals surface area contributed by atoms with Gasteiger partial charge in [0, 0.05) is 12.1 Å². The van der Waals surface area contributed by atoms with E-state index in [0.717, 1.165) is 12.0 Å². The number of ketones is 1. The molecule has 0 N–H and O–H groups in total. The molecule has 4 heteroatoms. The van der Waals surface area contributed by atoms with Crippen LogP contribution in [0.1, 0.15) is 49.5 Å². The normalized spacial score (nSPS) is 18.7. The van der Waals surface area contributed by atoms with Gasteiger partial charge in [-0.15, -0.1) is 0 Å². The summed E-state index contributed by atoms with van der Waals surface area (Å²) in [5.74, 6) is -0.00152. The van der Waals surface area contributed by atoms with Crippen LogP contribution in [0.2, 0.25) is 0 Å². The van der Waals surface area contributed by atoms with Crippen LogP contribution in [-0.2, 0) is 4.74 Å². The maximum absolute atomic E-state index is 12.6. The number of amides is 1. The third-order valence-electron chi connectivity index (χ3n) is 3.52. The number of ether oxygens (including phenoxy) is 1. The summed E-state index contributed by atoms with van der Waals surface area (Å²) in [6.07, 6.45) is 1.14. The molecule has 1 aromatic carbocycles. The summed E-state index contributed by atoms with van der Waals surface area (Å²) >= 11 is 0. The molecule has 1 aliphatic heterocycles. The number of carbonyl (C=O) groups excluding carboxylic acids is 2. The number of hydrogen-bond acceptors (Lipinski definition) is 3. The van der Waals surface area contributed by atoms with E-state index in [4.69, 9.17) is 4.74 Å². The molecule has 1 aromatic rings. The minimum atomic E-state index is -0.545. The first kappa shape index (κ1) is 15.5. The Bertz CT molecular complexity index is 528. The average Bonchev–Trinajstić information content (AvgIpc) is 2.86. The molecule has 1 fully saturated rings. The molecule has 1 aliphatic rings. The highest BCUT2D eigenvalue weighted by Gasteiger charge is 2.36. The molecule has 1 saturated heterocycles. The van der Waals surface area contributed by atoms with Gasteiger partial charge < -0.3 is 4.74 Å². The highest BCUT2D eigenvalue weighted by Crippen LogP contribution is 2.24. The Morgan fingerprint density at radius 3 is 2.38 bits per heavy atom. The molecule has 1 amide bonds. The maximum Gasteiger partial charge on any atom is 0.410 e. The molecule has 0 radical (unpaired) electrons. The Kier molecular flexibility index (Phi) is 4.35. The molecule has 1 atom stereocenters. The van der Waals surface area contributed by atoms with Gasteiger partial charge in [0.1, 0.15) is 5.60 Å². The second kappa shape index (κ2) is 5.88. The predicted molar refractivity (Wildman–Crippen MR) is 81.5 cm³/mol. The molecule has 0 aliphatic carbocycles. The molecule has 114 valence electrons. The summed E-state index contributed by atoms with van der Waals surface area (Å²) < 4.78 is 5.39. The largest absolute Gasteiger partial charge is 0.444 e. The van der Waals surface area contributed by atoms with Crippen molar-refractivity contribution in [3.05, 3.63) is 35.4 Å². The van der Waals surface area contributed by atoms with Gasteiger partial charge in [0.25, 0.3) is 0 Å². The van der Waals surface area contributed by atoms with E-state index in [1.165, 1.54) is 0 Å². The number of rotatable bonds is 2. The van der Waals surface area contributed by atoms with Crippen LogP contribution in [0.15, 0.2) is 24.3 Å². The minimum absolute atomic E-state index is 0.00152. The molecular formula is C17H23NO3. The van der Waals surface area contributed by atoms with Gasteiger partial charge in [0.05, 0.1) is 6.04 Å². The first-order valence-corrected chi connectivity index (χ1v) is 7.38. The summed E-state index contributed by atoms with van der Waals surface area (Å²) in [5, 5.41) is 0. The standard InChI is InChI=1S/C17H23NO3/c1-12-7-9-13(10-8-12)15(19)14-6-5-11-18(14)16(20)21-17(2,3)4/h7-10,14H,5-6,11H2,1-4H3/t14-/m1/s1. The third-order valence-corrected chi connectivity index (χ3v) is 3.52. The zero-order chi connectivity index (χ0) is 15.6. The molecular weight excluding hydrogens is 266 g/mol. The number of likely N-dealkylation sites (tertiary alicyclic amines) is 1. The molecule has 2 rings (SSSR count). The Morgan fingerprint density at radius 2 is 1.81 bits per heavy atom. The lowest BCUT2D eigenvalue weighted by atomic mass is 10.0. The smallest absolute Gasteiger partial charge is 0.410 e. The first-order valence-electron chi connectivity index (χ1n) is 7.38. The average molecular weight is 289 g/mol. The second-order valence-electron chi connectivity index (χ2n) is 6.56. The first-order chi connectivity index (χ1) is 9.78. The summed E-state index contributed by atoms with van der Waals surface area (Å²) in [4.78, 5) is 26.4. The molecule has 0 unspecified atom stereocenters. The fourth-order valence-corrected chi connectivity index (χ4v) is 2.49. The number of hydrogen-bond donors (Lipinski definition) is 0. The van der Waals surface area contributed by atoms with Crippen molar-refractivity contribution in [3.8, 4) is 0 Å². The summed E-state index contributed by atoms with van der Waals surface area (Å²) in [7, 11) is 0. The van der Waals surface area contributed by atoms with Crippen LogP contribution in [0.5, 0.6) is 0 Å². The van der Waals surface area contributed by atoms with E-state index in [0.29, 0.717) is 18.5 Å². The van der Waals surface area contributed by atoms with Crippen molar-refractivity contribution in [1.29, 1.82) is 0 Å². The zero-order valence-electron chi connectivity index (χ0n) is 13.2. The van der Waals surface area contributed by atoms with Gasteiger partial charge in [-0.05, 0) is 40.5 Å². The third kappa shape index (κ3) is 3.84. The van der Waals surface area contributed by atoms with Gasteiger partial charge in [-0.2, -0.15) is 0 Å². The van der Waals surface area contributed by atoms with Crippen LogP contribution in [0.25, 0.3) is 0 Å². The van der Waals surface area contributed by atoms with E-state index in [-0.39, 0.29) is 5.78 Å². The minimum Gasteiger partial charge on any atom is -0.444 e. The second-order valence-corrected chi connectivity index (χ2v) is 6.56. The molecule has 0 spiro atoms. The van der Waals surface area contributed by atoms with Crippen molar-refractivity contribution in [2.75, 3.05) is 6.54 Å². The number of benzene rings is 1. The fraction of sp³-hybridized carbons (Fsp3) is 0.529. The molecule has 1 heterocycles. The van der Waals surface area contributed by atoms with Crippen molar-refractivity contribution in [2.45, 2.75) is 52.2 Å². The van der Waals surface area contributed by atoms with Crippen molar-refractivity contribution in [3.63, 3.8) is 0 Å². The summed E-state index contributed by atoms with van der Waals surface area (Å²) in [5.41, 5.74) is 1.22.